The van der Waals surface area contributed by atoms with Gasteiger partial charge in [-0.1, -0.05) is 18.2 Å². The van der Waals surface area contributed by atoms with Crippen molar-refractivity contribution in [1.82, 2.24) is 19.6 Å². The summed E-state index contributed by atoms with van der Waals surface area (Å²) >= 11 is 0. The van der Waals surface area contributed by atoms with Crippen molar-refractivity contribution in [2.24, 2.45) is 0 Å². The molecule has 214 valence electrons. The largest absolute Gasteiger partial charge is 0.509 e. The van der Waals surface area contributed by atoms with Crippen LogP contribution in [0.25, 0.3) is 16.9 Å². The highest BCUT2D eigenvalue weighted by Gasteiger charge is 2.28. The van der Waals surface area contributed by atoms with Crippen LogP contribution in [0.2, 0.25) is 0 Å². The van der Waals surface area contributed by atoms with Crippen molar-refractivity contribution in [1.29, 1.82) is 0 Å². The molecule has 4 rings (SSSR count). The lowest BCUT2D eigenvalue weighted by atomic mass is 10.0. The second-order valence-corrected chi connectivity index (χ2v) is 11.9. The Morgan fingerprint density at radius 3 is 2.17 bits per heavy atom. The van der Waals surface area contributed by atoms with E-state index >= 15 is 0 Å². The fraction of sp³-hybridized carbons (Fsp3) is 0.467. The highest BCUT2D eigenvalue weighted by Crippen LogP contribution is 2.23. The van der Waals surface area contributed by atoms with Gasteiger partial charge in [0.15, 0.2) is 0 Å². The summed E-state index contributed by atoms with van der Waals surface area (Å²) in [4.78, 5) is 43.4. The van der Waals surface area contributed by atoms with Crippen LogP contribution >= 0.6 is 0 Å². The Morgan fingerprint density at radius 2 is 1.55 bits per heavy atom. The first kappa shape index (κ1) is 28.9. The van der Waals surface area contributed by atoms with E-state index < -0.39 is 23.5 Å². The molecular formula is C30H38N4O6. The smallest absolute Gasteiger partial charge is 0.444 e. The monoisotopic (exact) mass is 550 g/mol. The van der Waals surface area contributed by atoms with Gasteiger partial charge in [0.2, 0.25) is 0 Å². The van der Waals surface area contributed by atoms with Crippen LogP contribution in [0.3, 0.4) is 0 Å². The maximum atomic E-state index is 13.1. The maximum absolute atomic E-state index is 13.1. The molecule has 3 heterocycles. The van der Waals surface area contributed by atoms with Crippen molar-refractivity contribution < 1.29 is 28.6 Å². The highest BCUT2D eigenvalue weighted by molar-refractivity contribution is 5.94. The van der Waals surface area contributed by atoms with Gasteiger partial charge in [-0.3, -0.25) is 4.79 Å². The lowest BCUT2D eigenvalue weighted by molar-refractivity contribution is -0.0375. The number of hydrogen-bond acceptors (Lipinski definition) is 7. The summed E-state index contributed by atoms with van der Waals surface area (Å²) < 4.78 is 17.8. The molecule has 0 bridgehead atoms. The Kier molecular flexibility index (Phi) is 8.37. The van der Waals surface area contributed by atoms with Gasteiger partial charge in [-0.05, 0) is 65.3 Å². The van der Waals surface area contributed by atoms with Gasteiger partial charge in [0.1, 0.15) is 23.0 Å². The first-order valence-corrected chi connectivity index (χ1v) is 13.5. The lowest BCUT2D eigenvalue weighted by Crippen LogP contribution is -2.41. The fourth-order valence-corrected chi connectivity index (χ4v) is 4.32. The Morgan fingerprint density at radius 1 is 0.900 bits per heavy atom. The van der Waals surface area contributed by atoms with Crippen LogP contribution in [0.1, 0.15) is 70.3 Å². The molecule has 0 aliphatic carbocycles. The quantitative estimate of drug-likeness (QED) is 0.413. The van der Waals surface area contributed by atoms with Gasteiger partial charge in [0.05, 0.1) is 5.69 Å². The molecule has 10 heteroatoms. The second kappa shape index (κ2) is 11.6. The molecule has 0 spiro atoms. The Balaban J connectivity index is 1.33. The van der Waals surface area contributed by atoms with Crippen LogP contribution < -0.4 is 5.32 Å². The van der Waals surface area contributed by atoms with E-state index in [1.807, 2.05) is 61.8 Å². The molecule has 0 radical (unpaired) electrons. The average molecular weight is 551 g/mol. The summed E-state index contributed by atoms with van der Waals surface area (Å²) in [6.45, 7) is 12.2. The first-order valence-electron chi connectivity index (χ1n) is 13.5. The number of nitrogens with zero attached hydrogens (tertiary/aromatic N) is 3. The minimum Gasteiger partial charge on any atom is -0.444 e. The van der Waals surface area contributed by atoms with E-state index in [0.29, 0.717) is 38.0 Å². The molecule has 2 amide bonds. The number of alkyl carbamates (subject to hydrolysis) is 1. The van der Waals surface area contributed by atoms with Crippen LogP contribution in [0.15, 0.2) is 48.8 Å². The summed E-state index contributed by atoms with van der Waals surface area (Å²) in [6, 6.07) is 11.2. The second-order valence-electron chi connectivity index (χ2n) is 11.9. The standard InChI is InChI=1S/C30H38N4O6/c1-29(2,3)39-27(36)31-17-20-7-12-25-32-24(19-34(25)18-20)21-8-10-22(11-9-21)26(35)33-15-13-23(14-16-33)38-28(37)40-30(4,5)6/h7-12,18-19,23H,13-17H2,1-6H3,(H,31,36). The number of fused-ring (bicyclic) bond motifs is 1. The summed E-state index contributed by atoms with van der Waals surface area (Å²) in [7, 11) is 0. The van der Waals surface area contributed by atoms with Crippen LogP contribution in [0.5, 0.6) is 0 Å². The number of ether oxygens (including phenoxy) is 3. The Labute approximate surface area is 234 Å². The molecular weight excluding hydrogens is 512 g/mol. The summed E-state index contributed by atoms with van der Waals surface area (Å²) in [5.74, 6) is -0.0561. The number of pyridine rings is 1. The van der Waals surface area contributed by atoms with Gasteiger partial charge in [-0.15, -0.1) is 0 Å². The minimum absolute atomic E-state index is 0.0561. The molecule has 1 N–H and O–H groups in total. The van der Waals surface area contributed by atoms with Crippen molar-refractivity contribution in [2.75, 3.05) is 13.1 Å². The number of carbonyl (C=O) groups is 3. The molecule has 0 unspecified atom stereocenters. The number of amides is 2. The summed E-state index contributed by atoms with van der Waals surface area (Å²) in [5.41, 5.74) is 2.77. The van der Waals surface area contributed by atoms with E-state index in [0.717, 1.165) is 22.5 Å². The zero-order chi connectivity index (χ0) is 29.1. The van der Waals surface area contributed by atoms with Gasteiger partial charge >= 0.3 is 12.2 Å². The van der Waals surface area contributed by atoms with E-state index in [1.165, 1.54) is 0 Å². The van der Waals surface area contributed by atoms with E-state index in [1.54, 1.807) is 37.8 Å². The SMILES string of the molecule is CC(C)(C)OC(=O)NCc1ccc2nc(-c3ccc(C(=O)N4CCC(OC(=O)OC(C)(C)C)CC4)cc3)cn2c1. The predicted octanol–water partition coefficient (Wildman–Crippen LogP) is 5.58. The third-order valence-corrected chi connectivity index (χ3v) is 6.16. The number of aromatic nitrogens is 2. The number of imidazole rings is 1. The van der Waals surface area contributed by atoms with E-state index in [9.17, 15) is 14.4 Å². The first-order chi connectivity index (χ1) is 18.8. The van der Waals surface area contributed by atoms with Gasteiger partial charge in [-0.25, -0.2) is 14.6 Å². The molecule has 1 fully saturated rings. The number of hydrogen-bond donors (Lipinski definition) is 1. The van der Waals surface area contributed by atoms with Crippen LogP contribution in [-0.2, 0) is 20.8 Å². The van der Waals surface area contributed by atoms with Gasteiger partial charge in [0, 0.05) is 56.0 Å². The number of nitrogens with one attached hydrogen (secondary N) is 1. The molecule has 40 heavy (non-hydrogen) atoms. The third-order valence-electron chi connectivity index (χ3n) is 6.16. The van der Waals surface area contributed by atoms with Crippen molar-refractivity contribution in [3.63, 3.8) is 0 Å². The molecule has 3 aromatic rings. The number of benzene rings is 1. The Bertz CT molecular complexity index is 1360. The normalized spacial score (nSPS) is 14.6. The molecule has 0 atom stereocenters. The minimum atomic E-state index is -0.673. The zero-order valence-corrected chi connectivity index (χ0v) is 24.0. The van der Waals surface area contributed by atoms with Crippen LogP contribution in [0.4, 0.5) is 9.59 Å². The average Bonchev–Trinajstić information content (AvgIpc) is 3.29. The number of likely N-dealkylation sites (tertiary alicyclic amines) is 1. The molecule has 0 saturated carbocycles. The van der Waals surface area contributed by atoms with Gasteiger partial charge in [-0.2, -0.15) is 0 Å². The van der Waals surface area contributed by atoms with Crippen molar-refractivity contribution in [3.8, 4) is 11.3 Å². The molecule has 10 nitrogen and oxygen atoms in total. The zero-order valence-electron chi connectivity index (χ0n) is 24.0. The summed E-state index contributed by atoms with van der Waals surface area (Å²) in [6.07, 6.45) is 3.57. The third kappa shape index (κ3) is 7.97. The topological polar surface area (TPSA) is 111 Å². The highest BCUT2D eigenvalue weighted by atomic mass is 16.7. The predicted molar refractivity (Wildman–Crippen MR) is 150 cm³/mol. The lowest BCUT2D eigenvalue weighted by Gasteiger charge is -2.32. The van der Waals surface area contributed by atoms with Gasteiger partial charge < -0.3 is 28.8 Å². The van der Waals surface area contributed by atoms with E-state index in [4.69, 9.17) is 19.2 Å². The Hall–Kier alpha value is -4.08. The number of piperidine rings is 1. The van der Waals surface area contributed by atoms with Crippen molar-refractivity contribution in [2.45, 2.75) is 78.2 Å². The molecule has 1 saturated heterocycles. The number of rotatable bonds is 5. The van der Waals surface area contributed by atoms with Crippen LogP contribution in [0, 0.1) is 0 Å². The van der Waals surface area contributed by atoms with Gasteiger partial charge in [0.25, 0.3) is 5.91 Å². The van der Waals surface area contributed by atoms with Crippen LogP contribution in [-0.4, -0.2) is 62.8 Å². The molecule has 1 aliphatic heterocycles. The number of carbonyl (C=O) groups excluding carboxylic acids is 3. The molecule has 1 aromatic carbocycles. The maximum Gasteiger partial charge on any atom is 0.509 e. The molecule has 2 aromatic heterocycles. The fourth-order valence-electron chi connectivity index (χ4n) is 4.32. The summed E-state index contributed by atoms with van der Waals surface area (Å²) in [5, 5.41) is 2.76. The van der Waals surface area contributed by atoms with E-state index in [2.05, 4.69) is 5.32 Å². The van der Waals surface area contributed by atoms with Crippen molar-refractivity contribution >= 4 is 23.8 Å². The molecule has 1 aliphatic rings. The van der Waals surface area contributed by atoms with E-state index in [-0.39, 0.29) is 12.0 Å². The van der Waals surface area contributed by atoms with Crippen molar-refractivity contribution in [3.05, 3.63) is 59.9 Å².